The molecular weight excluding hydrogens is 419 g/mol. The van der Waals surface area contributed by atoms with Crippen molar-refractivity contribution in [3.8, 4) is 5.75 Å². The fraction of sp³-hybridized carbons (Fsp3) is 0.300. The van der Waals surface area contributed by atoms with E-state index >= 15 is 0 Å². The summed E-state index contributed by atoms with van der Waals surface area (Å²) in [6.07, 6.45) is -4.58. The monoisotopic (exact) mass is 441 g/mol. The molecule has 0 saturated heterocycles. The SMILES string of the molecule is NC(=O)N(CCNc1ccc(OC(F)(F)F)cc1)C(=O)CCSCc1ccccc1. The Bertz CT molecular complexity index is 818. The van der Waals surface area contributed by atoms with Gasteiger partial charge in [0.05, 0.1) is 0 Å². The van der Waals surface area contributed by atoms with E-state index in [1.807, 2.05) is 30.3 Å². The van der Waals surface area contributed by atoms with Crippen LogP contribution in [0, 0.1) is 0 Å². The average molecular weight is 441 g/mol. The van der Waals surface area contributed by atoms with Crippen LogP contribution < -0.4 is 15.8 Å². The number of nitrogens with zero attached hydrogens (tertiary/aromatic N) is 1. The second-order valence-electron chi connectivity index (χ2n) is 6.17. The zero-order valence-corrected chi connectivity index (χ0v) is 16.8. The summed E-state index contributed by atoms with van der Waals surface area (Å²) in [7, 11) is 0. The molecule has 2 aromatic carbocycles. The number of nitrogens with one attached hydrogen (secondary N) is 1. The quantitative estimate of drug-likeness (QED) is 0.539. The third-order valence-electron chi connectivity index (χ3n) is 3.89. The highest BCUT2D eigenvalue weighted by Crippen LogP contribution is 2.23. The van der Waals surface area contributed by atoms with Gasteiger partial charge in [0.15, 0.2) is 0 Å². The van der Waals surface area contributed by atoms with Crippen LogP contribution in [0.3, 0.4) is 0 Å². The second kappa shape index (κ2) is 11.3. The number of carbonyl (C=O) groups excluding carboxylic acids is 2. The van der Waals surface area contributed by atoms with Crippen LogP contribution in [0.15, 0.2) is 54.6 Å². The molecule has 2 aromatic rings. The topological polar surface area (TPSA) is 84.7 Å². The normalized spacial score (nSPS) is 11.0. The van der Waals surface area contributed by atoms with E-state index in [0.717, 1.165) is 28.3 Å². The minimum Gasteiger partial charge on any atom is -0.406 e. The molecule has 0 aliphatic rings. The average Bonchev–Trinajstić information content (AvgIpc) is 2.69. The minimum absolute atomic E-state index is 0.0400. The highest BCUT2D eigenvalue weighted by molar-refractivity contribution is 7.98. The summed E-state index contributed by atoms with van der Waals surface area (Å²) in [6.45, 7) is 0.240. The Hall–Kier alpha value is -2.88. The van der Waals surface area contributed by atoms with Crippen molar-refractivity contribution in [3.05, 3.63) is 60.2 Å². The van der Waals surface area contributed by atoms with Crippen LogP contribution >= 0.6 is 11.8 Å². The molecule has 10 heteroatoms. The van der Waals surface area contributed by atoms with Gasteiger partial charge in [-0.05, 0) is 29.8 Å². The summed E-state index contributed by atoms with van der Waals surface area (Å²) in [5.74, 6) is 0.597. The molecule has 0 unspecified atom stereocenters. The van der Waals surface area contributed by atoms with Gasteiger partial charge in [-0.2, -0.15) is 11.8 Å². The molecule has 3 amide bonds. The number of primary amides is 1. The third-order valence-corrected chi connectivity index (χ3v) is 4.92. The van der Waals surface area contributed by atoms with Crippen LogP contribution in [-0.4, -0.2) is 42.0 Å². The number of benzene rings is 2. The lowest BCUT2D eigenvalue weighted by Gasteiger charge is -2.19. The Morgan fingerprint density at radius 2 is 1.73 bits per heavy atom. The number of halogens is 3. The van der Waals surface area contributed by atoms with Gasteiger partial charge in [-0.1, -0.05) is 30.3 Å². The Kier molecular flexibility index (Phi) is 8.85. The fourth-order valence-corrected chi connectivity index (χ4v) is 3.39. The molecule has 0 saturated carbocycles. The van der Waals surface area contributed by atoms with Gasteiger partial charge < -0.3 is 15.8 Å². The Morgan fingerprint density at radius 3 is 2.33 bits per heavy atom. The Labute approximate surface area is 176 Å². The molecule has 0 aliphatic carbocycles. The number of urea groups is 1. The van der Waals surface area contributed by atoms with E-state index in [9.17, 15) is 22.8 Å². The van der Waals surface area contributed by atoms with E-state index < -0.39 is 12.4 Å². The number of ether oxygens (including phenoxy) is 1. The van der Waals surface area contributed by atoms with Crippen LogP contribution in [0.4, 0.5) is 23.7 Å². The maximum absolute atomic E-state index is 12.3. The third kappa shape index (κ3) is 8.64. The first kappa shape index (κ1) is 23.4. The van der Waals surface area contributed by atoms with Gasteiger partial charge in [0.2, 0.25) is 5.91 Å². The van der Waals surface area contributed by atoms with Gasteiger partial charge in [0, 0.05) is 36.7 Å². The number of nitrogens with two attached hydrogens (primary N) is 1. The number of imide groups is 1. The zero-order chi connectivity index (χ0) is 22.0. The first-order valence-corrected chi connectivity index (χ1v) is 10.2. The first-order chi connectivity index (χ1) is 14.2. The summed E-state index contributed by atoms with van der Waals surface area (Å²) >= 11 is 1.58. The number of hydrogen-bond acceptors (Lipinski definition) is 5. The number of rotatable bonds is 10. The lowest BCUT2D eigenvalue weighted by Crippen LogP contribution is -2.43. The molecule has 0 radical (unpaired) electrons. The van der Waals surface area contributed by atoms with Crippen LogP contribution in [-0.2, 0) is 10.5 Å². The van der Waals surface area contributed by atoms with Crippen molar-refractivity contribution in [1.82, 2.24) is 4.90 Å². The van der Waals surface area contributed by atoms with E-state index in [1.165, 1.54) is 12.1 Å². The number of anilines is 1. The van der Waals surface area contributed by atoms with Crippen molar-refractivity contribution in [2.75, 3.05) is 24.2 Å². The standard InChI is InChI=1S/C20H22F3N3O3S/c21-20(22,23)29-17-8-6-16(7-9-17)25-11-12-26(19(24)28)18(27)10-13-30-14-15-4-2-1-3-5-15/h1-9,25H,10-14H2,(H2,24,28). The summed E-state index contributed by atoms with van der Waals surface area (Å²) in [5.41, 5.74) is 6.96. The number of thioether (sulfide) groups is 1. The lowest BCUT2D eigenvalue weighted by molar-refractivity contribution is -0.274. The molecule has 0 bridgehead atoms. The Balaban J connectivity index is 1.74. The van der Waals surface area contributed by atoms with Crippen molar-refractivity contribution >= 4 is 29.4 Å². The molecule has 0 aromatic heterocycles. The second-order valence-corrected chi connectivity index (χ2v) is 7.28. The molecule has 0 spiro atoms. The highest BCUT2D eigenvalue weighted by atomic mass is 32.2. The van der Waals surface area contributed by atoms with Gasteiger partial charge >= 0.3 is 12.4 Å². The molecule has 6 nitrogen and oxygen atoms in total. The fourth-order valence-electron chi connectivity index (χ4n) is 2.50. The van der Waals surface area contributed by atoms with Crippen molar-refractivity contribution in [3.63, 3.8) is 0 Å². The molecule has 0 atom stereocenters. The maximum Gasteiger partial charge on any atom is 0.573 e. The van der Waals surface area contributed by atoms with E-state index in [0.29, 0.717) is 11.4 Å². The van der Waals surface area contributed by atoms with Crippen molar-refractivity contribution in [2.24, 2.45) is 5.73 Å². The molecule has 3 N–H and O–H groups in total. The molecule has 0 fully saturated rings. The molecule has 30 heavy (non-hydrogen) atoms. The predicted molar refractivity (Wildman–Crippen MR) is 110 cm³/mol. The van der Waals surface area contributed by atoms with Gasteiger partial charge in [0.25, 0.3) is 0 Å². The van der Waals surface area contributed by atoms with E-state index in [1.54, 1.807) is 11.8 Å². The minimum atomic E-state index is -4.75. The molecule has 0 heterocycles. The van der Waals surface area contributed by atoms with Crippen LogP contribution in [0.5, 0.6) is 5.75 Å². The summed E-state index contributed by atoms with van der Waals surface area (Å²) in [5, 5.41) is 2.92. The van der Waals surface area contributed by atoms with E-state index in [2.05, 4.69) is 10.1 Å². The van der Waals surface area contributed by atoms with Crippen LogP contribution in [0.2, 0.25) is 0 Å². The zero-order valence-electron chi connectivity index (χ0n) is 16.0. The van der Waals surface area contributed by atoms with Crippen molar-refractivity contribution in [1.29, 1.82) is 0 Å². The number of carbonyl (C=O) groups is 2. The number of hydrogen-bond donors (Lipinski definition) is 2. The lowest BCUT2D eigenvalue weighted by atomic mass is 10.2. The molecule has 162 valence electrons. The van der Waals surface area contributed by atoms with Gasteiger partial charge in [-0.3, -0.25) is 9.69 Å². The van der Waals surface area contributed by atoms with E-state index in [4.69, 9.17) is 5.73 Å². The largest absolute Gasteiger partial charge is 0.573 e. The van der Waals surface area contributed by atoms with Crippen molar-refractivity contribution in [2.45, 2.75) is 18.5 Å². The van der Waals surface area contributed by atoms with Crippen molar-refractivity contribution < 1.29 is 27.5 Å². The molecule has 0 aliphatic heterocycles. The predicted octanol–water partition coefficient (Wildman–Crippen LogP) is 4.23. The highest BCUT2D eigenvalue weighted by Gasteiger charge is 2.30. The van der Waals surface area contributed by atoms with Crippen LogP contribution in [0.1, 0.15) is 12.0 Å². The molecule has 2 rings (SSSR count). The first-order valence-electron chi connectivity index (χ1n) is 9.06. The maximum atomic E-state index is 12.3. The number of alkyl halides is 3. The van der Waals surface area contributed by atoms with Gasteiger partial charge in [-0.25, -0.2) is 4.79 Å². The van der Waals surface area contributed by atoms with E-state index in [-0.39, 0.29) is 31.2 Å². The molecular formula is C20H22F3N3O3S. The Morgan fingerprint density at radius 1 is 1.07 bits per heavy atom. The smallest absolute Gasteiger partial charge is 0.406 e. The summed E-state index contributed by atoms with van der Waals surface area (Å²) in [6, 6.07) is 14.1. The number of amides is 3. The summed E-state index contributed by atoms with van der Waals surface area (Å²) in [4.78, 5) is 24.8. The van der Waals surface area contributed by atoms with Crippen LogP contribution in [0.25, 0.3) is 0 Å². The summed E-state index contributed by atoms with van der Waals surface area (Å²) < 4.78 is 40.3. The van der Waals surface area contributed by atoms with Gasteiger partial charge in [-0.15, -0.1) is 13.2 Å². The van der Waals surface area contributed by atoms with Gasteiger partial charge in [0.1, 0.15) is 5.75 Å².